The Labute approximate surface area is 104 Å². The van der Waals surface area contributed by atoms with Gasteiger partial charge in [-0.15, -0.1) is 0 Å². The van der Waals surface area contributed by atoms with Crippen LogP contribution in [0.25, 0.3) is 0 Å². The number of aliphatic carboxylic acids is 1. The lowest BCUT2D eigenvalue weighted by Crippen LogP contribution is -2.53. The number of carbonyl (C=O) groups excluding carboxylic acids is 1. The molecule has 0 fully saturated rings. The van der Waals surface area contributed by atoms with E-state index in [1.165, 1.54) is 0 Å². The van der Waals surface area contributed by atoms with E-state index >= 15 is 0 Å². The third kappa shape index (κ3) is 2.78. The van der Waals surface area contributed by atoms with Crippen molar-refractivity contribution in [3.05, 3.63) is 24.3 Å². The number of carboxylic acids is 1. The van der Waals surface area contributed by atoms with Gasteiger partial charge in [-0.2, -0.15) is 0 Å². The van der Waals surface area contributed by atoms with Crippen LogP contribution in [0.1, 0.15) is 20.3 Å². The predicted molar refractivity (Wildman–Crippen MR) is 67.2 cm³/mol. The van der Waals surface area contributed by atoms with Crippen LogP contribution < -0.4 is 5.11 Å². The van der Waals surface area contributed by atoms with Crippen LogP contribution in [0.5, 0.6) is 0 Å². The monoisotopic (exact) mass is 236 g/mol. The molecule has 1 rings (SSSR count). The van der Waals surface area contributed by atoms with Crippen LogP contribution in [-0.4, -0.2) is 31.5 Å². The van der Waals surface area contributed by atoms with Crippen molar-refractivity contribution in [2.75, 3.05) is 20.6 Å². The lowest BCUT2D eigenvalue weighted by atomic mass is 9.66. The topological polar surface area (TPSA) is 43.4 Å². The molecule has 17 heavy (non-hydrogen) atoms. The number of hydrogen-bond donors (Lipinski definition) is 0. The van der Waals surface area contributed by atoms with Crippen molar-refractivity contribution in [2.45, 2.75) is 20.3 Å². The first-order valence-electron chi connectivity index (χ1n) is 6.16. The zero-order valence-electron chi connectivity index (χ0n) is 11.1. The first-order valence-corrected chi connectivity index (χ1v) is 6.16. The van der Waals surface area contributed by atoms with Gasteiger partial charge >= 0.3 is 0 Å². The molecule has 0 aromatic heterocycles. The van der Waals surface area contributed by atoms with Gasteiger partial charge in [-0.05, 0) is 25.9 Å². The zero-order valence-corrected chi connectivity index (χ0v) is 11.1. The Hall–Kier alpha value is -1.09. The summed E-state index contributed by atoms with van der Waals surface area (Å²) in [4.78, 5) is 13.5. The first kappa shape index (κ1) is 14.0. The molecule has 3 atom stereocenters. The van der Waals surface area contributed by atoms with Gasteiger partial charge in [0.05, 0.1) is 5.97 Å². The summed E-state index contributed by atoms with van der Waals surface area (Å²) >= 11 is 0. The third-order valence-corrected chi connectivity index (χ3v) is 3.63. The largest absolute Gasteiger partial charge is 0.549 e. The third-order valence-electron chi connectivity index (χ3n) is 3.63. The van der Waals surface area contributed by atoms with E-state index in [4.69, 9.17) is 0 Å². The van der Waals surface area contributed by atoms with Gasteiger partial charge in [-0.25, -0.2) is 0 Å². The van der Waals surface area contributed by atoms with Gasteiger partial charge in [-0.1, -0.05) is 44.6 Å². The molecule has 0 spiro atoms. The summed E-state index contributed by atoms with van der Waals surface area (Å²) in [5.41, 5.74) is -0.895. The predicted octanol–water partition coefficient (Wildman–Crippen LogP) is 1.07. The molecule has 3 heteroatoms. The summed E-state index contributed by atoms with van der Waals surface area (Å²) in [5, 5.41) is 11.6. The van der Waals surface area contributed by atoms with E-state index < -0.39 is 11.4 Å². The van der Waals surface area contributed by atoms with Crippen LogP contribution in [-0.2, 0) is 4.79 Å². The molecule has 0 saturated carbocycles. The number of rotatable bonds is 5. The lowest BCUT2D eigenvalue weighted by Gasteiger charge is -2.44. The van der Waals surface area contributed by atoms with E-state index in [2.05, 4.69) is 13.8 Å². The highest BCUT2D eigenvalue weighted by Crippen LogP contribution is 2.39. The summed E-state index contributed by atoms with van der Waals surface area (Å²) in [5.74, 6) is -0.643. The molecule has 0 aromatic rings. The Morgan fingerprint density at radius 2 is 2.12 bits per heavy atom. The van der Waals surface area contributed by atoms with E-state index in [0.717, 1.165) is 6.42 Å². The van der Waals surface area contributed by atoms with Crippen LogP contribution in [0.3, 0.4) is 0 Å². The van der Waals surface area contributed by atoms with Crippen molar-refractivity contribution < 1.29 is 9.90 Å². The van der Waals surface area contributed by atoms with E-state index in [0.29, 0.717) is 12.5 Å². The molecule has 3 nitrogen and oxygen atoms in total. The molecule has 1 aliphatic rings. The quantitative estimate of drug-likeness (QED) is 0.717. The van der Waals surface area contributed by atoms with Crippen molar-refractivity contribution in [3.8, 4) is 0 Å². The van der Waals surface area contributed by atoms with E-state index in [-0.39, 0.29) is 5.92 Å². The van der Waals surface area contributed by atoms with Crippen LogP contribution in [0.2, 0.25) is 0 Å². The standard InChI is InChI=1S/C14H23NO2/c1-5-11(2)12-8-6-7-9-14(12,13(16)17)10-15(3)4/h6-9,11-12H,5,10H2,1-4H3,(H,16,17)/p-1. The lowest BCUT2D eigenvalue weighted by molar-refractivity contribution is -0.319. The average Bonchev–Trinajstić information content (AvgIpc) is 2.27. The summed E-state index contributed by atoms with van der Waals surface area (Å²) in [7, 11) is 3.79. The molecule has 96 valence electrons. The second kappa shape index (κ2) is 5.50. The Bertz CT molecular complexity index is 333. The fourth-order valence-corrected chi connectivity index (χ4v) is 2.60. The first-order chi connectivity index (χ1) is 7.94. The fraction of sp³-hybridized carbons (Fsp3) is 0.643. The summed E-state index contributed by atoms with van der Waals surface area (Å²) in [6.45, 7) is 4.67. The average molecular weight is 236 g/mol. The van der Waals surface area contributed by atoms with Gasteiger partial charge < -0.3 is 14.8 Å². The maximum absolute atomic E-state index is 11.6. The number of nitrogens with zero attached hydrogens (tertiary/aromatic N) is 1. The second-order valence-corrected chi connectivity index (χ2v) is 5.22. The second-order valence-electron chi connectivity index (χ2n) is 5.22. The smallest absolute Gasteiger partial charge is 0.0533 e. The Morgan fingerprint density at radius 1 is 1.47 bits per heavy atom. The van der Waals surface area contributed by atoms with Crippen molar-refractivity contribution in [1.29, 1.82) is 0 Å². The van der Waals surface area contributed by atoms with Crippen molar-refractivity contribution >= 4 is 5.97 Å². The Kier molecular flexibility index (Phi) is 4.52. The maximum atomic E-state index is 11.6. The fourth-order valence-electron chi connectivity index (χ4n) is 2.60. The van der Waals surface area contributed by atoms with Crippen LogP contribution in [0.4, 0.5) is 0 Å². The van der Waals surface area contributed by atoms with Gasteiger partial charge in [0.2, 0.25) is 0 Å². The normalized spacial score (nSPS) is 29.6. The maximum Gasteiger partial charge on any atom is 0.0533 e. The molecular formula is C14H22NO2-. The van der Waals surface area contributed by atoms with Crippen molar-refractivity contribution in [2.24, 2.45) is 17.3 Å². The van der Waals surface area contributed by atoms with Gasteiger partial charge in [0.15, 0.2) is 0 Å². The van der Waals surface area contributed by atoms with Gasteiger partial charge in [0, 0.05) is 12.0 Å². The highest BCUT2D eigenvalue weighted by molar-refractivity contribution is 5.77. The molecule has 3 unspecified atom stereocenters. The molecule has 0 saturated heterocycles. The van der Waals surface area contributed by atoms with Gasteiger partial charge in [0.1, 0.15) is 0 Å². The minimum absolute atomic E-state index is 0.00454. The minimum atomic E-state index is -0.975. The number of carbonyl (C=O) groups is 1. The summed E-state index contributed by atoms with van der Waals surface area (Å²) < 4.78 is 0. The van der Waals surface area contributed by atoms with Crippen LogP contribution >= 0.6 is 0 Å². The number of hydrogen-bond acceptors (Lipinski definition) is 3. The van der Waals surface area contributed by atoms with Crippen LogP contribution in [0.15, 0.2) is 24.3 Å². The highest BCUT2D eigenvalue weighted by Gasteiger charge is 2.40. The van der Waals surface area contributed by atoms with Gasteiger partial charge in [0.25, 0.3) is 0 Å². The Balaban J connectivity index is 3.11. The molecule has 0 heterocycles. The SMILES string of the molecule is CCC(C)C1C=CC=CC1(CN(C)C)C(=O)[O-]. The molecule has 0 N–H and O–H groups in total. The van der Waals surface area contributed by atoms with E-state index in [1.807, 2.05) is 37.2 Å². The number of carboxylic acid groups (broad SMARTS) is 1. The molecular weight excluding hydrogens is 214 g/mol. The Morgan fingerprint density at radius 3 is 2.59 bits per heavy atom. The molecule has 0 aliphatic heterocycles. The molecule has 0 aromatic carbocycles. The van der Waals surface area contributed by atoms with E-state index in [1.54, 1.807) is 6.08 Å². The molecule has 0 bridgehead atoms. The van der Waals surface area contributed by atoms with E-state index in [9.17, 15) is 9.90 Å². The van der Waals surface area contributed by atoms with Gasteiger partial charge in [-0.3, -0.25) is 0 Å². The van der Waals surface area contributed by atoms with Crippen molar-refractivity contribution in [1.82, 2.24) is 4.90 Å². The van der Waals surface area contributed by atoms with Crippen molar-refractivity contribution in [3.63, 3.8) is 0 Å². The molecule has 0 radical (unpaired) electrons. The highest BCUT2D eigenvalue weighted by atomic mass is 16.4. The minimum Gasteiger partial charge on any atom is -0.549 e. The molecule has 0 amide bonds. The zero-order chi connectivity index (χ0) is 13.1. The van der Waals surface area contributed by atoms with Crippen LogP contribution in [0, 0.1) is 17.3 Å². The summed E-state index contributed by atoms with van der Waals surface area (Å²) in [6.07, 6.45) is 8.52. The summed E-state index contributed by atoms with van der Waals surface area (Å²) in [6, 6.07) is 0. The molecule has 1 aliphatic carbocycles. The number of allylic oxidation sites excluding steroid dienone is 3.